The van der Waals surface area contributed by atoms with Crippen LogP contribution < -0.4 is 0 Å². The van der Waals surface area contributed by atoms with Gasteiger partial charge in [0.25, 0.3) is 0 Å². The number of hydrogen-bond donors (Lipinski definition) is 7. The van der Waals surface area contributed by atoms with Gasteiger partial charge in [-0.3, -0.25) is 34.9 Å². The third-order valence-corrected chi connectivity index (χ3v) is 20.4. The van der Waals surface area contributed by atoms with Crippen LogP contribution in [0, 0.1) is 71.7 Å². The zero-order chi connectivity index (χ0) is 86.1. The molecule has 116 heavy (non-hydrogen) atoms. The maximum absolute atomic E-state index is 14.1. The summed E-state index contributed by atoms with van der Waals surface area (Å²) in [6, 6.07) is 30.1. The zero-order valence-electron chi connectivity index (χ0n) is 68.0. The van der Waals surface area contributed by atoms with E-state index in [2.05, 4.69) is 34.9 Å². The zero-order valence-corrected chi connectivity index (χ0v) is 72.5. The van der Waals surface area contributed by atoms with Crippen LogP contribution in [0.2, 0.25) is 30.1 Å². The molecule has 0 saturated heterocycles. The molecule has 0 unspecified atom stereocenters. The van der Waals surface area contributed by atoms with Crippen molar-refractivity contribution < 1.29 is 53.3 Å². The fraction of sp³-hybridized carbons (Fsp3) is 0.315. The van der Waals surface area contributed by atoms with Crippen LogP contribution >= 0.6 is 69.6 Å². The molecule has 0 fully saturated rings. The molecule has 7 N–H and O–H groups in total. The molecular formula is C92H99Cl6F4N7O7. The summed E-state index contributed by atoms with van der Waals surface area (Å²) in [6.07, 6.45) is 11.9. The summed E-state index contributed by atoms with van der Waals surface area (Å²) in [6.45, 7) is 36.9. The summed E-state index contributed by atoms with van der Waals surface area (Å²) < 4.78 is 54.6. The summed E-state index contributed by atoms with van der Waals surface area (Å²) in [5.74, 6) is -1.80. The van der Waals surface area contributed by atoms with Gasteiger partial charge in [0.1, 0.15) is 17.5 Å². The minimum Gasteiger partial charge on any atom is -0.386 e. The molecular weight excluding hydrogens is 1600 g/mol. The summed E-state index contributed by atoms with van der Waals surface area (Å²) in [7, 11) is 0. The van der Waals surface area contributed by atoms with Crippen LogP contribution in [0.4, 0.5) is 17.6 Å². The molecule has 7 heterocycles. The molecule has 0 aliphatic carbocycles. The van der Waals surface area contributed by atoms with E-state index in [1.54, 1.807) is 170 Å². The molecule has 0 atom stereocenters. The van der Waals surface area contributed by atoms with Gasteiger partial charge in [-0.1, -0.05) is 101 Å². The lowest BCUT2D eigenvalue weighted by Crippen LogP contribution is -2.18. The second-order valence-electron chi connectivity index (χ2n) is 32.0. The highest BCUT2D eigenvalue weighted by molar-refractivity contribution is 6.39. The van der Waals surface area contributed by atoms with Gasteiger partial charge in [0, 0.05) is 97.2 Å². The highest BCUT2D eigenvalue weighted by atomic mass is 35.5. The van der Waals surface area contributed by atoms with E-state index in [0.29, 0.717) is 86.5 Å². The van der Waals surface area contributed by atoms with Gasteiger partial charge >= 0.3 is 0 Å². The monoisotopic (exact) mass is 1700 g/mol. The molecule has 0 amide bonds. The van der Waals surface area contributed by atoms with Crippen molar-refractivity contribution in [3.8, 4) is 0 Å². The Morgan fingerprint density at radius 1 is 0.267 bits per heavy atom. The van der Waals surface area contributed by atoms with E-state index in [9.17, 15) is 53.3 Å². The van der Waals surface area contributed by atoms with Crippen molar-refractivity contribution in [2.45, 2.75) is 192 Å². The quantitative estimate of drug-likeness (QED) is 0.0736. The van der Waals surface area contributed by atoms with Gasteiger partial charge in [-0.2, -0.15) is 0 Å². The average Bonchev–Trinajstić information content (AvgIpc) is 0.865. The third kappa shape index (κ3) is 22.1. The van der Waals surface area contributed by atoms with Gasteiger partial charge < -0.3 is 35.7 Å². The molecule has 0 radical (unpaired) electrons. The lowest BCUT2D eigenvalue weighted by molar-refractivity contribution is 0.0787. The van der Waals surface area contributed by atoms with Gasteiger partial charge in [0.2, 0.25) is 0 Å². The first kappa shape index (κ1) is 94.7. The predicted octanol–water partition coefficient (Wildman–Crippen LogP) is 24.5. The second-order valence-corrected chi connectivity index (χ2v) is 34.5. The number of fused-ring (bicyclic) bond motifs is 7. The normalized spacial score (nSPS) is 12.0. The van der Waals surface area contributed by atoms with Gasteiger partial charge in [0.05, 0.1) is 97.9 Å². The summed E-state index contributed by atoms with van der Waals surface area (Å²) in [4.78, 5) is 29.6. The van der Waals surface area contributed by atoms with E-state index < -0.39 is 56.7 Å². The summed E-state index contributed by atoms with van der Waals surface area (Å²) in [5.41, 5.74) is 8.71. The van der Waals surface area contributed by atoms with E-state index >= 15 is 0 Å². The molecule has 14 aromatic rings. The summed E-state index contributed by atoms with van der Waals surface area (Å²) in [5, 5.41) is 77.7. The standard InChI is InChI=1S/C13H13Cl2NO.3C13H13ClFNO.C13H14ClNO.C13H14FNO.C13H15NO.CH4/c1-7-6-16-10-5-8(14)4-9(15)11(10)12(7)13(2,3)17;1-7-6-16-10-5-8(15)4-9(14)11(10)12(7)13(2,3)17;1-7-6-16-9-5-4-8(15)12(14)10(9)11(7)13(2,3)17;1-7-6-16-9-5-4-8(14)12(15)10(9)11(7)13(2,3)17;1-8-7-15-11-5-4-9(14)6-10(11)12(8)13(2,3)16;1-8-7-15-10-6-4-5-9(14)11(10)12(8)13(2,3)16;1-9-8-14-11-7-5-4-6-10(11)12(9)13(2,3)15;/h4*4-6,17H,1-3H3;2*4-7,16H,1-3H3;4-8,15H,1-3H3;1H4. The Labute approximate surface area is 705 Å². The van der Waals surface area contributed by atoms with E-state index in [1.165, 1.54) is 30.3 Å². The second kappa shape index (κ2) is 36.8. The van der Waals surface area contributed by atoms with Crippen LogP contribution in [0.15, 0.2) is 153 Å². The Balaban J connectivity index is 0.000000187. The van der Waals surface area contributed by atoms with Gasteiger partial charge in [-0.15, -0.1) is 0 Å². The Morgan fingerprint density at radius 3 is 1.05 bits per heavy atom. The molecule has 0 aliphatic heterocycles. The number of nitrogens with zero attached hydrogens (tertiary/aromatic N) is 7. The number of pyridine rings is 7. The van der Waals surface area contributed by atoms with E-state index in [0.717, 1.165) is 82.8 Å². The number of para-hydroxylation sites is 1. The molecule has 24 heteroatoms. The Kier molecular flexibility index (Phi) is 30.1. The smallest absolute Gasteiger partial charge is 0.151 e. The summed E-state index contributed by atoms with van der Waals surface area (Å²) >= 11 is 36.0. The average molecular weight is 1700 g/mol. The molecule has 0 saturated carbocycles. The van der Waals surface area contributed by atoms with E-state index in [-0.39, 0.29) is 28.3 Å². The van der Waals surface area contributed by atoms with Crippen LogP contribution in [-0.4, -0.2) is 70.6 Å². The van der Waals surface area contributed by atoms with Gasteiger partial charge in [-0.25, -0.2) is 17.6 Å². The number of halogens is 10. The molecule has 614 valence electrons. The first-order chi connectivity index (χ1) is 53.0. The number of rotatable bonds is 7. The predicted molar refractivity (Wildman–Crippen MR) is 469 cm³/mol. The van der Waals surface area contributed by atoms with Crippen LogP contribution in [0.25, 0.3) is 76.3 Å². The maximum atomic E-state index is 14.1. The van der Waals surface area contributed by atoms with Crippen LogP contribution in [0.5, 0.6) is 0 Å². The topological polar surface area (TPSA) is 232 Å². The lowest BCUT2D eigenvalue weighted by Gasteiger charge is -2.23. The van der Waals surface area contributed by atoms with Crippen LogP contribution in [-0.2, 0) is 39.2 Å². The van der Waals surface area contributed by atoms with Crippen molar-refractivity contribution in [3.63, 3.8) is 0 Å². The van der Waals surface area contributed by atoms with Crippen molar-refractivity contribution in [2.75, 3.05) is 0 Å². The Bertz CT molecular complexity index is 5760. The highest BCUT2D eigenvalue weighted by Gasteiger charge is 2.31. The minimum atomic E-state index is -1.14. The molecule has 0 aliphatic rings. The van der Waals surface area contributed by atoms with Crippen molar-refractivity contribution in [3.05, 3.63) is 284 Å². The number of aliphatic hydroxyl groups is 7. The van der Waals surface area contributed by atoms with Crippen molar-refractivity contribution >= 4 is 146 Å². The van der Waals surface area contributed by atoms with E-state index in [1.807, 2.05) is 98.0 Å². The van der Waals surface area contributed by atoms with Crippen LogP contribution in [0.3, 0.4) is 0 Å². The lowest BCUT2D eigenvalue weighted by atomic mass is 9.91. The number of aromatic nitrogens is 7. The maximum Gasteiger partial charge on any atom is 0.151 e. The Hall–Kier alpha value is -8.41. The van der Waals surface area contributed by atoms with E-state index in [4.69, 9.17) is 69.6 Å². The van der Waals surface area contributed by atoms with Crippen molar-refractivity contribution in [1.82, 2.24) is 34.9 Å². The Morgan fingerprint density at radius 2 is 0.595 bits per heavy atom. The molecule has 14 rings (SSSR count). The first-order valence-electron chi connectivity index (χ1n) is 36.5. The minimum absolute atomic E-state index is 0. The molecule has 0 spiro atoms. The fourth-order valence-electron chi connectivity index (χ4n) is 14.7. The number of hydrogen-bond acceptors (Lipinski definition) is 14. The molecule has 7 aromatic carbocycles. The molecule has 7 aromatic heterocycles. The van der Waals surface area contributed by atoms with Crippen molar-refractivity contribution in [2.24, 2.45) is 0 Å². The molecule has 0 bridgehead atoms. The highest BCUT2D eigenvalue weighted by Crippen LogP contribution is 2.42. The fourth-order valence-corrected chi connectivity index (χ4v) is 16.1. The first-order valence-corrected chi connectivity index (χ1v) is 38.8. The number of benzene rings is 7. The molecule has 14 nitrogen and oxygen atoms in total. The third-order valence-electron chi connectivity index (χ3n) is 18.7. The SMILES string of the molecule is C.Cc1cnc2cc(Cl)cc(Cl)c2c1C(C)(C)O.Cc1cnc2cc(F)cc(Cl)c2c1C(C)(C)O.Cc1cnc2ccc(Cl)c(F)c2c1C(C)(C)O.Cc1cnc2ccc(Cl)cc2c1C(C)(C)O.Cc1cnc2ccc(F)c(Cl)c2c1C(C)(C)O.Cc1cnc2cccc(F)c2c1C(C)(C)O.Cc1cnc2ccccc2c1C(C)(C)O. The van der Waals surface area contributed by atoms with Gasteiger partial charge in [-0.05, 0) is 302 Å². The van der Waals surface area contributed by atoms with Gasteiger partial charge in [0.15, 0.2) is 5.82 Å². The number of aryl methyl sites for hydroxylation is 7. The van der Waals surface area contributed by atoms with Crippen molar-refractivity contribution in [1.29, 1.82) is 0 Å². The van der Waals surface area contributed by atoms with Crippen LogP contribution in [0.1, 0.15) is 182 Å². The largest absolute Gasteiger partial charge is 0.386 e.